The van der Waals surface area contributed by atoms with Crippen LogP contribution in [0.25, 0.3) is 0 Å². The largest absolute Gasteiger partial charge is 0.542 e. The van der Waals surface area contributed by atoms with Crippen molar-refractivity contribution in [3.63, 3.8) is 0 Å². The molecule has 0 unspecified atom stereocenters. The SMILES string of the molecule is C[C-]=O.C[C-]=O.C[CH-]C.C[CH-]C.[CH2-]C(C)=O.[Ti]. The van der Waals surface area contributed by atoms with Crippen LogP contribution in [0.3, 0.4) is 0 Å². The molecule has 0 saturated carbocycles. The summed E-state index contributed by atoms with van der Waals surface area (Å²) in [6, 6.07) is 0. The molecule has 0 fully saturated rings. The minimum atomic E-state index is -0.0833. The summed E-state index contributed by atoms with van der Waals surface area (Å²) in [6.07, 6.45) is 7.00. The molecule has 0 aromatic rings. The maximum atomic E-state index is 9.33. The van der Waals surface area contributed by atoms with Gasteiger partial charge in [-0.15, -0.1) is 0 Å². The molecule has 0 rings (SSSR count). The van der Waals surface area contributed by atoms with E-state index < -0.39 is 0 Å². The number of Topliss-reactive ketones (excluding diaryl/α,β-unsaturated/α-hetero) is 1. The van der Waals surface area contributed by atoms with E-state index in [0.717, 1.165) is 0 Å². The Morgan fingerprint density at radius 3 is 0.941 bits per heavy atom. The van der Waals surface area contributed by atoms with E-state index >= 15 is 0 Å². The quantitative estimate of drug-likeness (QED) is 0.505. The maximum Gasteiger partial charge on any atom is 0 e. The molecule has 0 N–H and O–H groups in total. The van der Waals surface area contributed by atoms with Gasteiger partial charge in [-0.3, -0.25) is 12.6 Å². The molecule has 0 aliphatic rings. The molecule has 0 aliphatic carbocycles. The molecule has 0 heterocycles. The Kier molecular flexibility index (Phi) is 162. The van der Waals surface area contributed by atoms with Gasteiger partial charge in [0.2, 0.25) is 0 Å². The van der Waals surface area contributed by atoms with Gasteiger partial charge >= 0.3 is 0 Å². The number of ketones is 1. The summed E-state index contributed by atoms with van der Waals surface area (Å²) < 4.78 is 0. The van der Waals surface area contributed by atoms with Gasteiger partial charge in [0.05, 0.1) is 0 Å². The Morgan fingerprint density at radius 2 is 0.941 bits per heavy atom. The summed E-state index contributed by atoms with van der Waals surface area (Å²) in [5, 5.41) is 0. The molecule has 0 saturated heterocycles. The maximum absolute atomic E-state index is 9.33. The van der Waals surface area contributed by atoms with E-state index in [1.54, 1.807) is 0 Å². The minimum absolute atomic E-state index is 0. The van der Waals surface area contributed by atoms with E-state index in [1.165, 1.54) is 33.3 Å². The third-order valence-electron chi connectivity index (χ3n) is 0. The second-order valence-corrected chi connectivity index (χ2v) is 2.26. The van der Waals surface area contributed by atoms with Crippen molar-refractivity contribution in [3.05, 3.63) is 19.8 Å². The Hall–Kier alpha value is -0.406. The Balaban J connectivity index is -0.0000000221. The third kappa shape index (κ3) is 17500. The number of carbonyl (C=O) groups is 1. The molecule has 0 atom stereocenters. The first-order valence-electron chi connectivity index (χ1n) is 4.78. The van der Waals surface area contributed by atoms with E-state index in [0.29, 0.717) is 0 Å². The monoisotopic (exact) mass is 277 g/mol. The van der Waals surface area contributed by atoms with Crippen LogP contribution in [0.4, 0.5) is 0 Å². The Morgan fingerprint density at radius 1 is 0.941 bits per heavy atom. The summed E-state index contributed by atoms with van der Waals surface area (Å²) in [5.41, 5.74) is 0. The molecule has 104 valence electrons. The van der Waals surface area contributed by atoms with Crippen molar-refractivity contribution in [2.24, 2.45) is 0 Å². The summed E-state index contributed by atoms with van der Waals surface area (Å²) in [4.78, 5) is 26.7. The van der Waals surface area contributed by atoms with E-state index in [4.69, 9.17) is 9.59 Å². The van der Waals surface area contributed by atoms with E-state index in [2.05, 4.69) is 6.92 Å². The van der Waals surface area contributed by atoms with Crippen LogP contribution in [0.1, 0.15) is 48.5 Å². The second kappa shape index (κ2) is 76.4. The first-order valence-corrected chi connectivity index (χ1v) is 4.78. The number of rotatable bonds is 0. The van der Waals surface area contributed by atoms with Crippen LogP contribution in [0, 0.1) is 19.8 Å². The van der Waals surface area contributed by atoms with Crippen molar-refractivity contribution in [3.8, 4) is 0 Å². The number of hydrogen-bond donors (Lipinski definition) is 0. The fourth-order valence-corrected chi connectivity index (χ4v) is 0. The van der Waals surface area contributed by atoms with E-state index in [9.17, 15) is 4.79 Å². The first-order chi connectivity index (χ1) is 7.39. The molecular weight excluding hydrogens is 252 g/mol. The van der Waals surface area contributed by atoms with Crippen LogP contribution in [0.2, 0.25) is 0 Å². The summed E-state index contributed by atoms with van der Waals surface area (Å²) >= 11 is 0. The smallest absolute Gasteiger partial charge is 0 e. The number of hydrogen-bond acceptors (Lipinski definition) is 3. The second-order valence-electron chi connectivity index (χ2n) is 2.26. The fraction of sp³-hybridized carbons (Fsp3) is 0.538. The van der Waals surface area contributed by atoms with Gasteiger partial charge in [-0.1, -0.05) is 0 Å². The summed E-state index contributed by atoms with van der Waals surface area (Å²) in [5.74, 6) is -0.0833. The average Bonchev–Trinajstić information content (AvgIpc) is 2.06. The molecule has 0 spiro atoms. The molecule has 3 nitrogen and oxygen atoms in total. The molecule has 0 bridgehead atoms. The van der Waals surface area contributed by atoms with Crippen LogP contribution in [-0.4, -0.2) is 18.4 Å². The number of carbonyl (C=O) groups excluding carboxylic acids is 3. The molecule has 0 aliphatic heterocycles. The molecule has 0 amide bonds. The van der Waals surface area contributed by atoms with Crippen molar-refractivity contribution in [2.75, 3.05) is 0 Å². The molecule has 4 heteroatoms. The molecule has 0 aromatic carbocycles. The first kappa shape index (κ1) is 36.0. The Bertz CT molecular complexity index is 103. The van der Waals surface area contributed by atoms with Crippen molar-refractivity contribution < 1.29 is 36.1 Å². The van der Waals surface area contributed by atoms with Crippen molar-refractivity contribution in [1.82, 2.24) is 0 Å². The van der Waals surface area contributed by atoms with Crippen molar-refractivity contribution in [2.45, 2.75) is 48.5 Å². The standard InChI is InChI=1S/C3H5O.2C3H7.2C2H3O.Ti/c1-3(2)4;2*1-3-2;2*1-2-3;/h1H2,2H3;2*3H,1-2H3;2*1H3;/q5*-1;. The van der Waals surface area contributed by atoms with E-state index in [-0.39, 0.29) is 27.5 Å². The zero-order valence-electron chi connectivity index (χ0n) is 12.1. The van der Waals surface area contributed by atoms with Gasteiger partial charge in [0, 0.05) is 21.7 Å². The average molecular weight is 277 g/mol. The van der Waals surface area contributed by atoms with Gasteiger partial charge in [0.25, 0.3) is 0 Å². The van der Waals surface area contributed by atoms with Gasteiger partial charge in [-0.25, -0.2) is 0 Å². The third-order valence-corrected chi connectivity index (χ3v) is 0. The summed E-state index contributed by atoms with van der Waals surface area (Å²) in [7, 11) is 0. The predicted octanol–water partition coefficient (Wildman–Crippen LogP) is 3.10. The topological polar surface area (TPSA) is 51.2 Å². The molecule has 0 aromatic heterocycles. The minimum Gasteiger partial charge on any atom is -0.542 e. The fourth-order valence-electron chi connectivity index (χ4n) is 0. The summed E-state index contributed by atoms with van der Waals surface area (Å²) in [6.45, 7) is 15.1. The van der Waals surface area contributed by atoms with Crippen LogP contribution in [0.5, 0.6) is 0 Å². The van der Waals surface area contributed by atoms with Crippen LogP contribution >= 0.6 is 0 Å². The van der Waals surface area contributed by atoms with Gasteiger partial charge in [-0.2, -0.15) is 41.5 Å². The molecule has 17 heavy (non-hydrogen) atoms. The Labute approximate surface area is 123 Å². The van der Waals surface area contributed by atoms with Gasteiger partial charge in [0.1, 0.15) is 0 Å². The van der Waals surface area contributed by atoms with Crippen molar-refractivity contribution >= 4 is 18.4 Å². The van der Waals surface area contributed by atoms with Gasteiger partial charge in [0.15, 0.2) is 0 Å². The van der Waals surface area contributed by atoms with Crippen LogP contribution in [0.15, 0.2) is 0 Å². The van der Waals surface area contributed by atoms with Gasteiger partial charge in [-0.05, 0) is 12.7 Å². The van der Waals surface area contributed by atoms with Crippen LogP contribution < -0.4 is 0 Å². The predicted molar refractivity (Wildman–Crippen MR) is 70.1 cm³/mol. The van der Waals surface area contributed by atoms with Crippen molar-refractivity contribution in [1.29, 1.82) is 0 Å². The molecular formula is C13H25O3Ti-5. The van der Waals surface area contributed by atoms with Crippen LogP contribution in [-0.2, 0) is 36.1 Å². The van der Waals surface area contributed by atoms with E-state index in [1.807, 2.05) is 40.5 Å². The zero-order valence-corrected chi connectivity index (χ0v) is 13.6. The normalized spacial score (nSPS) is 5.12. The zero-order chi connectivity index (χ0) is 14.4. The van der Waals surface area contributed by atoms with Gasteiger partial charge < -0.3 is 34.1 Å². The molecule has 0 radical (unpaired) electrons.